The van der Waals surface area contributed by atoms with Gasteiger partial charge in [0.15, 0.2) is 0 Å². The van der Waals surface area contributed by atoms with E-state index in [1.54, 1.807) is 0 Å². The molecule has 0 aromatic carbocycles. The Morgan fingerprint density at radius 3 is 2.33 bits per heavy atom. The quantitative estimate of drug-likeness (QED) is 0.829. The van der Waals surface area contributed by atoms with Crippen molar-refractivity contribution >= 4 is 17.5 Å². The summed E-state index contributed by atoms with van der Waals surface area (Å²) >= 11 is 5.79. The number of aryl methyl sites for hydroxylation is 2. The predicted molar refractivity (Wildman–Crippen MR) is 74.4 cm³/mol. The lowest BCUT2D eigenvalue weighted by atomic mass is 9.94. The molecule has 1 unspecified atom stereocenters. The summed E-state index contributed by atoms with van der Waals surface area (Å²) in [6, 6.07) is 0. The van der Waals surface area contributed by atoms with Crippen molar-refractivity contribution in [3.05, 3.63) is 22.6 Å². The lowest BCUT2D eigenvalue weighted by Crippen LogP contribution is -2.46. The zero-order valence-corrected chi connectivity index (χ0v) is 12.6. The Morgan fingerprint density at radius 1 is 1.33 bits per heavy atom. The van der Waals surface area contributed by atoms with Crippen molar-refractivity contribution in [2.45, 2.75) is 53.0 Å². The van der Waals surface area contributed by atoms with Gasteiger partial charge >= 0.3 is 0 Å². The number of carbonyl (C=O) groups is 1. The van der Waals surface area contributed by atoms with Gasteiger partial charge in [0.05, 0.1) is 5.56 Å². The smallest absolute Gasteiger partial charge is 0.255 e. The van der Waals surface area contributed by atoms with Gasteiger partial charge in [0, 0.05) is 17.0 Å². The fraction of sp³-hybridized carbons (Fsp3) is 0.643. The average Bonchev–Trinajstić information content (AvgIpc) is 2.53. The topological polar surface area (TPSA) is 42.2 Å². The molecule has 0 aliphatic rings. The summed E-state index contributed by atoms with van der Waals surface area (Å²) in [4.78, 5) is 12.3. The van der Waals surface area contributed by atoms with Crippen molar-refractivity contribution in [2.24, 2.45) is 0 Å². The number of amides is 1. The number of carbonyl (C=O) groups excluding carboxylic acids is 1. The molecule has 0 saturated heterocycles. The van der Waals surface area contributed by atoms with Gasteiger partial charge in [0.2, 0.25) is 0 Å². The highest BCUT2D eigenvalue weighted by molar-refractivity contribution is 6.17. The average molecular weight is 272 g/mol. The van der Waals surface area contributed by atoms with E-state index in [4.69, 9.17) is 16.0 Å². The van der Waals surface area contributed by atoms with Gasteiger partial charge in [-0.05, 0) is 40.5 Å². The zero-order chi connectivity index (χ0) is 13.9. The molecule has 4 heteroatoms. The van der Waals surface area contributed by atoms with Crippen molar-refractivity contribution in [3.63, 3.8) is 0 Å². The minimum Gasteiger partial charge on any atom is -0.466 e. The first-order valence-corrected chi connectivity index (χ1v) is 6.83. The third kappa shape index (κ3) is 3.08. The first kappa shape index (κ1) is 15.1. The van der Waals surface area contributed by atoms with Crippen LogP contribution in [0.15, 0.2) is 4.42 Å². The fourth-order valence-corrected chi connectivity index (χ4v) is 2.42. The fourth-order valence-electron chi connectivity index (χ4n) is 2.00. The maximum Gasteiger partial charge on any atom is 0.255 e. The Bertz CT molecular complexity index is 439. The number of halogens is 1. The Labute approximate surface area is 114 Å². The van der Waals surface area contributed by atoms with Gasteiger partial charge in [-0.25, -0.2) is 0 Å². The van der Waals surface area contributed by atoms with E-state index < -0.39 is 0 Å². The molecule has 0 aliphatic heterocycles. The highest BCUT2D eigenvalue weighted by Gasteiger charge is 2.27. The molecule has 0 spiro atoms. The summed E-state index contributed by atoms with van der Waals surface area (Å²) in [5, 5.41) is 3.07. The van der Waals surface area contributed by atoms with E-state index in [2.05, 4.69) is 5.32 Å². The molecule has 1 aromatic rings. The van der Waals surface area contributed by atoms with Gasteiger partial charge < -0.3 is 9.73 Å². The SMILES string of the molecule is CCC(C)(CCCl)NC(=O)c1c(C)oc(C)c1C. The number of furan rings is 1. The van der Waals surface area contributed by atoms with Crippen LogP contribution < -0.4 is 5.32 Å². The van der Waals surface area contributed by atoms with Crippen LogP contribution >= 0.6 is 11.6 Å². The second-order valence-corrected chi connectivity index (χ2v) is 5.40. The second kappa shape index (κ2) is 5.79. The lowest BCUT2D eigenvalue weighted by Gasteiger charge is -2.29. The maximum atomic E-state index is 12.3. The summed E-state index contributed by atoms with van der Waals surface area (Å²) in [6.45, 7) is 9.67. The molecule has 1 aromatic heterocycles. The minimum atomic E-state index is -0.261. The molecule has 0 fully saturated rings. The minimum absolute atomic E-state index is 0.0729. The second-order valence-electron chi connectivity index (χ2n) is 5.02. The number of hydrogen-bond donors (Lipinski definition) is 1. The molecule has 18 heavy (non-hydrogen) atoms. The van der Waals surface area contributed by atoms with Crippen LogP contribution in [0, 0.1) is 20.8 Å². The number of rotatable bonds is 5. The first-order valence-electron chi connectivity index (χ1n) is 6.29. The summed E-state index contributed by atoms with van der Waals surface area (Å²) in [7, 11) is 0. The molecule has 3 nitrogen and oxygen atoms in total. The summed E-state index contributed by atoms with van der Waals surface area (Å²) < 4.78 is 5.49. The highest BCUT2D eigenvalue weighted by Crippen LogP contribution is 2.23. The number of hydrogen-bond acceptors (Lipinski definition) is 2. The molecule has 1 atom stereocenters. The van der Waals surface area contributed by atoms with Gasteiger partial charge in [0.25, 0.3) is 5.91 Å². The largest absolute Gasteiger partial charge is 0.466 e. The van der Waals surface area contributed by atoms with Gasteiger partial charge in [0.1, 0.15) is 11.5 Å². The van der Waals surface area contributed by atoms with Gasteiger partial charge in [-0.3, -0.25) is 4.79 Å². The van der Waals surface area contributed by atoms with Crippen LogP contribution in [0.2, 0.25) is 0 Å². The van der Waals surface area contributed by atoms with E-state index in [0.29, 0.717) is 17.2 Å². The summed E-state index contributed by atoms with van der Waals surface area (Å²) in [5.41, 5.74) is 1.30. The lowest BCUT2D eigenvalue weighted by molar-refractivity contribution is 0.0899. The van der Waals surface area contributed by atoms with Crippen LogP contribution in [0.5, 0.6) is 0 Å². The van der Waals surface area contributed by atoms with Crippen molar-refractivity contribution in [2.75, 3.05) is 5.88 Å². The van der Waals surface area contributed by atoms with Gasteiger partial charge in [-0.15, -0.1) is 11.6 Å². The van der Waals surface area contributed by atoms with Crippen LogP contribution in [-0.4, -0.2) is 17.3 Å². The monoisotopic (exact) mass is 271 g/mol. The Hall–Kier alpha value is -0.960. The van der Waals surface area contributed by atoms with Crippen LogP contribution in [0.4, 0.5) is 0 Å². The predicted octanol–water partition coefficient (Wildman–Crippen LogP) is 3.73. The van der Waals surface area contributed by atoms with Crippen LogP contribution in [-0.2, 0) is 0 Å². The van der Waals surface area contributed by atoms with E-state index >= 15 is 0 Å². The van der Waals surface area contributed by atoms with Crippen molar-refractivity contribution < 1.29 is 9.21 Å². The molecular formula is C14H22ClNO2. The highest BCUT2D eigenvalue weighted by atomic mass is 35.5. The van der Waals surface area contributed by atoms with Crippen molar-refractivity contribution in [1.82, 2.24) is 5.32 Å². The van der Waals surface area contributed by atoms with E-state index in [1.165, 1.54) is 0 Å². The maximum absolute atomic E-state index is 12.3. The molecule has 0 radical (unpaired) electrons. The molecular weight excluding hydrogens is 250 g/mol. The van der Waals surface area contributed by atoms with E-state index in [-0.39, 0.29) is 11.4 Å². The summed E-state index contributed by atoms with van der Waals surface area (Å²) in [5.74, 6) is 1.93. The molecule has 0 saturated carbocycles. The normalized spacial score (nSPS) is 14.3. The standard InChI is InChI=1S/C14H22ClNO2/c1-6-14(5,7-8-15)16-13(17)12-9(2)10(3)18-11(12)4/h6-8H2,1-5H3,(H,16,17). The molecule has 1 N–H and O–H groups in total. The third-order valence-electron chi connectivity index (χ3n) is 3.63. The third-order valence-corrected chi connectivity index (χ3v) is 3.82. The van der Waals surface area contributed by atoms with Crippen LogP contribution in [0.25, 0.3) is 0 Å². The zero-order valence-electron chi connectivity index (χ0n) is 11.8. The molecule has 1 rings (SSSR count). The molecule has 102 valence electrons. The molecule has 0 aliphatic carbocycles. The Morgan fingerprint density at radius 2 is 1.94 bits per heavy atom. The first-order chi connectivity index (χ1) is 8.34. The van der Waals surface area contributed by atoms with Crippen LogP contribution in [0.1, 0.15) is 54.1 Å². The van der Waals surface area contributed by atoms with E-state index in [1.807, 2.05) is 34.6 Å². The molecule has 1 heterocycles. The Kier molecular flexibility index (Phi) is 4.85. The number of alkyl halides is 1. The molecule has 1 amide bonds. The van der Waals surface area contributed by atoms with Crippen molar-refractivity contribution in [3.8, 4) is 0 Å². The van der Waals surface area contributed by atoms with Crippen molar-refractivity contribution in [1.29, 1.82) is 0 Å². The summed E-state index contributed by atoms with van der Waals surface area (Å²) in [6.07, 6.45) is 1.60. The molecule has 0 bridgehead atoms. The van der Waals surface area contributed by atoms with Gasteiger partial charge in [-0.1, -0.05) is 6.92 Å². The van der Waals surface area contributed by atoms with Crippen LogP contribution in [0.3, 0.4) is 0 Å². The number of nitrogens with one attached hydrogen (secondary N) is 1. The van der Waals surface area contributed by atoms with Gasteiger partial charge in [-0.2, -0.15) is 0 Å². The van der Waals surface area contributed by atoms with E-state index in [0.717, 1.165) is 24.2 Å². The Balaban J connectivity index is 2.94. The van der Waals surface area contributed by atoms with E-state index in [9.17, 15) is 4.79 Å².